The molecule has 1 aromatic rings. The number of alkyl halides is 3. The fraction of sp³-hybridized carbons (Fsp3) is 0.786. The number of halogens is 3. The normalized spacial score (nSPS) is 30.9. The maximum Gasteiger partial charge on any atom is 0.443 e. The quantitative estimate of drug-likeness (QED) is 0.899. The zero-order valence-corrected chi connectivity index (χ0v) is 12.2. The zero-order chi connectivity index (χ0) is 14.3. The van der Waals surface area contributed by atoms with Crippen LogP contribution in [0, 0.1) is 17.8 Å². The summed E-state index contributed by atoms with van der Waals surface area (Å²) in [4.78, 5) is 4.24. The predicted molar refractivity (Wildman–Crippen MR) is 72.5 cm³/mol. The SMILES string of the molecule is CNC(CC1CC2CCC1C2)c1cnc(C(F)(F)F)s1. The Kier molecular flexibility index (Phi) is 3.79. The Morgan fingerprint density at radius 3 is 2.70 bits per heavy atom. The number of nitrogens with zero attached hydrogens (tertiary/aromatic N) is 1. The van der Waals surface area contributed by atoms with Crippen LogP contribution in [-0.4, -0.2) is 12.0 Å². The van der Waals surface area contributed by atoms with Gasteiger partial charge in [-0.05, 0) is 50.5 Å². The Morgan fingerprint density at radius 1 is 1.40 bits per heavy atom. The minimum atomic E-state index is -4.33. The molecule has 2 aliphatic carbocycles. The number of thiazole rings is 1. The van der Waals surface area contributed by atoms with Gasteiger partial charge in [0.25, 0.3) is 0 Å². The predicted octanol–water partition coefficient (Wildman–Crippen LogP) is 4.25. The molecule has 20 heavy (non-hydrogen) atoms. The summed E-state index contributed by atoms with van der Waals surface area (Å²) in [6.07, 6.45) is 3.25. The summed E-state index contributed by atoms with van der Waals surface area (Å²) < 4.78 is 37.9. The molecule has 4 atom stereocenters. The summed E-state index contributed by atoms with van der Waals surface area (Å²) in [6.45, 7) is 0. The lowest BCUT2D eigenvalue weighted by Gasteiger charge is -2.25. The highest BCUT2D eigenvalue weighted by Crippen LogP contribution is 2.51. The molecular formula is C14H19F3N2S. The summed E-state index contributed by atoms with van der Waals surface area (Å²) in [6, 6.07) is 0.00736. The minimum Gasteiger partial charge on any atom is -0.312 e. The van der Waals surface area contributed by atoms with Crippen LogP contribution in [0.25, 0.3) is 0 Å². The van der Waals surface area contributed by atoms with Gasteiger partial charge in [-0.1, -0.05) is 6.42 Å². The third-order valence-corrected chi connectivity index (χ3v) is 6.04. The fourth-order valence-electron chi connectivity index (χ4n) is 3.92. The molecule has 0 aliphatic heterocycles. The van der Waals surface area contributed by atoms with Gasteiger partial charge in [0.15, 0.2) is 5.01 Å². The highest BCUT2D eigenvalue weighted by Gasteiger charge is 2.41. The number of rotatable bonds is 4. The van der Waals surface area contributed by atoms with Gasteiger partial charge in [0.05, 0.1) is 0 Å². The Labute approximate surface area is 120 Å². The Hall–Kier alpha value is -0.620. The molecule has 2 bridgehead atoms. The second-order valence-corrected chi connectivity index (χ2v) is 7.14. The van der Waals surface area contributed by atoms with Crippen molar-refractivity contribution in [2.24, 2.45) is 17.8 Å². The van der Waals surface area contributed by atoms with E-state index in [4.69, 9.17) is 0 Å². The molecule has 1 aromatic heterocycles. The number of fused-ring (bicyclic) bond motifs is 2. The van der Waals surface area contributed by atoms with E-state index in [1.165, 1.54) is 31.9 Å². The lowest BCUT2D eigenvalue weighted by atomic mass is 9.84. The summed E-state index contributed by atoms with van der Waals surface area (Å²) in [5.41, 5.74) is 0. The summed E-state index contributed by atoms with van der Waals surface area (Å²) in [5.74, 6) is 2.34. The first kappa shape index (κ1) is 14.3. The first-order chi connectivity index (χ1) is 9.47. The van der Waals surface area contributed by atoms with Gasteiger partial charge in [-0.25, -0.2) is 4.98 Å². The molecule has 6 heteroatoms. The Morgan fingerprint density at radius 2 is 2.20 bits per heavy atom. The lowest BCUT2D eigenvalue weighted by molar-refractivity contribution is -0.137. The standard InChI is InChI=1S/C14H19F3N2S/c1-18-11(6-10-5-8-2-3-9(10)4-8)12-7-19-13(20-12)14(15,16)17/h7-11,18H,2-6H2,1H3. The van der Waals surface area contributed by atoms with Crippen molar-refractivity contribution < 1.29 is 13.2 Å². The van der Waals surface area contributed by atoms with Crippen LogP contribution in [0.2, 0.25) is 0 Å². The molecule has 2 nitrogen and oxygen atoms in total. The van der Waals surface area contributed by atoms with Crippen molar-refractivity contribution in [1.82, 2.24) is 10.3 Å². The lowest BCUT2D eigenvalue weighted by Crippen LogP contribution is -2.22. The average molecular weight is 304 g/mol. The second kappa shape index (κ2) is 5.30. The maximum absolute atomic E-state index is 12.6. The molecule has 2 aliphatic rings. The molecule has 1 heterocycles. The van der Waals surface area contributed by atoms with Gasteiger partial charge < -0.3 is 5.32 Å². The third kappa shape index (κ3) is 2.72. The van der Waals surface area contributed by atoms with E-state index < -0.39 is 11.2 Å². The molecule has 0 saturated heterocycles. The maximum atomic E-state index is 12.6. The highest BCUT2D eigenvalue weighted by molar-refractivity contribution is 7.11. The van der Waals surface area contributed by atoms with Crippen molar-refractivity contribution in [2.45, 2.75) is 44.3 Å². The molecule has 0 amide bonds. The fourth-order valence-corrected chi connectivity index (χ4v) is 4.83. The molecule has 112 valence electrons. The van der Waals surface area contributed by atoms with Crippen molar-refractivity contribution in [3.8, 4) is 0 Å². The number of aromatic nitrogens is 1. The van der Waals surface area contributed by atoms with E-state index in [9.17, 15) is 13.2 Å². The van der Waals surface area contributed by atoms with Crippen LogP contribution < -0.4 is 5.32 Å². The number of hydrogen-bond acceptors (Lipinski definition) is 3. The van der Waals surface area contributed by atoms with Gasteiger partial charge in [-0.3, -0.25) is 0 Å². The van der Waals surface area contributed by atoms with E-state index in [2.05, 4.69) is 10.3 Å². The molecule has 4 unspecified atom stereocenters. The van der Waals surface area contributed by atoms with E-state index in [1.54, 1.807) is 0 Å². The van der Waals surface area contributed by atoms with Crippen LogP contribution in [0.4, 0.5) is 13.2 Å². The molecular weight excluding hydrogens is 285 g/mol. The molecule has 0 aromatic carbocycles. The van der Waals surface area contributed by atoms with E-state index in [-0.39, 0.29) is 6.04 Å². The van der Waals surface area contributed by atoms with Crippen LogP contribution >= 0.6 is 11.3 Å². The topological polar surface area (TPSA) is 24.9 Å². The van der Waals surface area contributed by atoms with Crippen molar-refractivity contribution in [2.75, 3.05) is 7.05 Å². The third-order valence-electron chi connectivity index (χ3n) is 4.88. The van der Waals surface area contributed by atoms with Gasteiger partial charge in [0.2, 0.25) is 0 Å². The second-order valence-electron chi connectivity index (χ2n) is 6.08. The van der Waals surface area contributed by atoms with Gasteiger partial charge in [-0.15, -0.1) is 11.3 Å². The minimum absolute atomic E-state index is 0.00736. The van der Waals surface area contributed by atoms with Crippen molar-refractivity contribution in [3.05, 3.63) is 16.1 Å². The smallest absolute Gasteiger partial charge is 0.312 e. The van der Waals surface area contributed by atoms with E-state index >= 15 is 0 Å². The Bertz CT molecular complexity index is 471. The van der Waals surface area contributed by atoms with Crippen LogP contribution in [-0.2, 0) is 6.18 Å². The number of nitrogens with one attached hydrogen (secondary N) is 1. The molecule has 0 radical (unpaired) electrons. The van der Waals surface area contributed by atoms with Crippen LogP contribution in [0.15, 0.2) is 6.20 Å². The summed E-state index contributed by atoms with van der Waals surface area (Å²) in [7, 11) is 1.82. The van der Waals surface area contributed by atoms with E-state index in [0.29, 0.717) is 10.8 Å². The van der Waals surface area contributed by atoms with Gasteiger partial charge in [-0.2, -0.15) is 13.2 Å². The molecule has 0 spiro atoms. The van der Waals surface area contributed by atoms with E-state index in [1.807, 2.05) is 7.05 Å². The van der Waals surface area contributed by atoms with Crippen LogP contribution in [0.5, 0.6) is 0 Å². The van der Waals surface area contributed by atoms with Gasteiger partial charge >= 0.3 is 6.18 Å². The molecule has 1 N–H and O–H groups in total. The average Bonchev–Trinajstić information content (AvgIpc) is 3.09. The van der Waals surface area contributed by atoms with Gasteiger partial charge in [0.1, 0.15) is 0 Å². The molecule has 3 rings (SSSR count). The van der Waals surface area contributed by atoms with Crippen LogP contribution in [0.1, 0.15) is 48.0 Å². The van der Waals surface area contributed by atoms with E-state index in [0.717, 1.165) is 29.6 Å². The monoisotopic (exact) mass is 304 g/mol. The van der Waals surface area contributed by atoms with Crippen LogP contribution in [0.3, 0.4) is 0 Å². The highest BCUT2D eigenvalue weighted by atomic mass is 32.1. The summed E-state index contributed by atoms with van der Waals surface area (Å²) in [5, 5.41) is 2.44. The van der Waals surface area contributed by atoms with Crippen molar-refractivity contribution in [3.63, 3.8) is 0 Å². The first-order valence-corrected chi connectivity index (χ1v) is 7.99. The Balaban J connectivity index is 1.69. The molecule has 2 saturated carbocycles. The molecule has 2 fully saturated rings. The van der Waals surface area contributed by atoms with Crippen molar-refractivity contribution >= 4 is 11.3 Å². The van der Waals surface area contributed by atoms with Crippen molar-refractivity contribution in [1.29, 1.82) is 0 Å². The summed E-state index contributed by atoms with van der Waals surface area (Å²) >= 11 is 0.777. The number of hydrogen-bond donors (Lipinski definition) is 1. The largest absolute Gasteiger partial charge is 0.443 e. The van der Waals surface area contributed by atoms with Gasteiger partial charge in [0, 0.05) is 17.1 Å². The first-order valence-electron chi connectivity index (χ1n) is 7.17. The zero-order valence-electron chi connectivity index (χ0n) is 11.4.